The van der Waals surface area contributed by atoms with Crippen molar-refractivity contribution in [3.63, 3.8) is 0 Å². The quantitative estimate of drug-likeness (QED) is 0.853. The third-order valence-corrected chi connectivity index (χ3v) is 3.59. The van der Waals surface area contributed by atoms with Crippen LogP contribution in [0.25, 0.3) is 11.3 Å². The molecule has 1 aromatic heterocycles. The average Bonchev–Trinajstić information content (AvgIpc) is 2.93. The van der Waals surface area contributed by atoms with Gasteiger partial charge in [-0.2, -0.15) is 0 Å². The molecule has 0 aliphatic heterocycles. The fourth-order valence-electron chi connectivity index (χ4n) is 1.87. The van der Waals surface area contributed by atoms with Crippen LogP contribution in [0.3, 0.4) is 0 Å². The molecule has 1 aromatic carbocycles. The van der Waals surface area contributed by atoms with Gasteiger partial charge in [-0.3, -0.25) is 10.1 Å². The van der Waals surface area contributed by atoms with Gasteiger partial charge >= 0.3 is 0 Å². The number of hydrogen-bond acceptors (Lipinski definition) is 5. The van der Waals surface area contributed by atoms with E-state index in [-0.39, 0.29) is 5.91 Å². The molecule has 6 heteroatoms. The molecule has 0 saturated heterocycles. The number of nitrogens with zero attached hydrogens (tertiary/aromatic N) is 1. The second-order valence-corrected chi connectivity index (χ2v) is 5.67. The fourth-order valence-corrected chi connectivity index (χ4v) is 2.59. The second-order valence-electron chi connectivity index (χ2n) is 4.82. The van der Waals surface area contributed by atoms with E-state index in [1.807, 2.05) is 37.4 Å². The summed E-state index contributed by atoms with van der Waals surface area (Å²) >= 11 is 1.36. The Balaban J connectivity index is 2.28. The second kappa shape index (κ2) is 7.09. The summed E-state index contributed by atoms with van der Waals surface area (Å²) in [6.07, 6.45) is 1.53. The zero-order valence-electron chi connectivity index (χ0n) is 13.0. The number of aromatic nitrogens is 1. The largest absolute Gasteiger partial charge is 0.497 e. The number of allylic oxidation sites excluding steroid dienone is 1. The lowest BCUT2D eigenvalue weighted by molar-refractivity contribution is -0.111. The Morgan fingerprint density at radius 2 is 2.05 bits per heavy atom. The van der Waals surface area contributed by atoms with Crippen LogP contribution in [0.5, 0.6) is 11.5 Å². The molecule has 1 heterocycles. The molecule has 2 rings (SSSR count). The molecular formula is C16H18N2O3S. The third-order valence-electron chi connectivity index (χ3n) is 2.84. The molecule has 0 bridgehead atoms. The number of amides is 1. The molecule has 0 unspecified atom stereocenters. The van der Waals surface area contributed by atoms with E-state index in [2.05, 4.69) is 10.3 Å². The Bertz CT molecular complexity index is 703. The van der Waals surface area contributed by atoms with Gasteiger partial charge in [0.2, 0.25) is 5.91 Å². The van der Waals surface area contributed by atoms with Crippen LogP contribution in [-0.2, 0) is 4.79 Å². The maximum Gasteiger partial charge on any atom is 0.250 e. The number of carbonyl (C=O) groups excluding carboxylic acids is 1. The number of ether oxygens (including phenoxy) is 2. The Morgan fingerprint density at radius 3 is 2.68 bits per heavy atom. The first kappa shape index (κ1) is 16.0. The topological polar surface area (TPSA) is 60.5 Å². The van der Waals surface area contributed by atoms with Crippen molar-refractivity contribution in [1.82, 2.24) is 4.98 Å². The van der Waals surface area contributed by atoms with Crippen LogP contribution in [0, 0.1) is 0 Å². The summed E-state index contributed by atoms with van der Waals surface area (Å²) in [6, 6.07) is 5.51. The molecule has 116 valence electrons. The van der Waals surface area contributed by atoms with Gasteiger partial charge in [-0.1, -0.05) is 5.57 Å². The Kier molecular flexibility index (Phi) is 5.16. The fraction of sp³-hybridized carbons (Fsp3) is 0.250. The van der Waals surface area contributed by atoms with E-state index in [4.69, 9.17) is 9.47 Å². The molecule has 0 fully saturated rings. The SMILES string of the molecule is COc1ccc(OC)c(-c2csc(NC(=O)C=C(C)C)n2)c1. The van der Waals surface area contributed by atoms with E-state index in [0.29, 0.717) is 10.9 Å². The predicted molar refractivity (Wildman–Crippen MR) is 88.7 cm³/mol. The highest BCUT2D eigenvalue weighted by Crippen LogP contribution is 2.34. The highest BCUT2D eigenvalue weighted by molar-refractivity contribution is 7.14. The van der Waals surface area contributed by atoms with Gasteiger partial charge in [0.05, 0.1) is 19.9 Å². The normalized spacial score (nSPS) is 10.0. The first-order valence-corrected chi connectivity index (χ1v) is 7.55. The summed E-state index contributed by atoms with van der Waals surface area (Å²) in [7, 11) is 3.22. The molecule has 1 N–H and O–H groups in total. The molecule has 22 heavy (non-hydrogen) atoms. The molecule has 0 atom stereocenters. The van der Waals surface area contributed by atoms with Crippen molar-refractivity contribution in [2.75, 3.05) is 19.5 Å². The zero-order valence-corrected chi connectivity index (χ0v) is 13.8. The number of carbonyl (C=O) groups is 1. The molecule has 0 aliphatic carbocycles. The highest BCUT2D eigenvalue weighted by atomic mass is 32.1. The maximum atomic E-state index is 11.7. The van der Waals surface area contributed by atoms with Crippen molar-refractivity contribution in [3.8, 4) is 22.8 Å². The van der Waals surface area contributed by atoms with Gasteiger partial charge in [0.15, 0.2) is 5.13 Å². The summed E-state index contributed by atoms with van der Waals surface area (Å²) in [6.45, 7) is 3.74. The van der Waals surface area contributed by atoms with Crippen LogP contribution in [0.1, 0.15) is 13.8 Å². The van der Waals surface area contributed by atoms with Gasteiger partial charge in [0.1, 0.15) is 11.5 Å². The van der Waals surface area contributed by atoms with Gasteiger partial charge in [-0.25, -0.2) is 4.98 Å². The van der Waals surface area contributed by atoms with Crippen LogP contribution in [0.15, 0.2) is 35.2 Å². The number of benzene rings is 1. The number of thiazole rings is 1. The van der Waals surface area contributed by atoms with Crippen LogP contribution < -0.4 is 14.8 Å². The Morgan fingerprint density at radius 1 is 1.27 bits per heavy atom. The van der Waals surface area contributed by atoms with E-state index < -0.39 is 0 Å². The number of hydrogen-bond donors (Lipinski definition) is 1. The summed E-state index contributed by atoms with van der Waals surface area (Å²) in [5.74, 6) is 1.24. The summed E-state index contributed by atoms with van der Waals surface area (Å²) in [4.78, 5) is 16.2. The summed E-state index contributed by atoms with van der Waals surface area (Å²) < 4.78 is 10.6. The molecule has 0 saturated carbocycles. The number of anilines is 1. The molecule has 2 aromatic rings. The monoisotopic (exact) mass is 318 g/mol. The first-order chi connectivity index (χ1) is 10.5. The van der Waals surface area contributed by atoms with Crippen LogP contribution >= 0.6 is 11.3 Å². The van der Waals surface area contributed by atoms with E-state index in [9.17, 15) is 4.79 Å². The minimum Gasteiger partial charge on any atom is -0.497 e. The van der Waals surface area contributed by atoms with Crippen LogP contribution in [-0.4, -0.2) is 25.1 Å². The highest BCUT2D eigenvalue weighted by Gasteiger charge is 2.12. The molecule has 5 nitrogen and oxygen atoms in total. The molecule has 0 radical (unpaired) electrons. The van der Waals surface area contributed by atoms with E-state index in [1.165, 1.54) is 17.4 Å². The predicted octanol–water partition coefficient (Wildman–Crippen LogP) is 3.73. The number of methoxy groups -OCH3 is 2. The summed E-state index contributed by atoms with van der Waals surface area (Å²) in [5, 5.41) is 5.16. The lowest BCUT2D eigenvalue weighted by Crippen LogP contribution is -2.08. The van der Waals surface area contributed by atoms with Gasteiger partial charge in [0.25, 0.3) is 0 Å². The molecule has 1 amide bonds. The molecule has 0 aliphatic rings. The van der Waals surface area contributed by atoms with E-state index in [0.717, 1.165) is 22.6 Å². The van der Waals surface area contributed by atoms with Crippen molar-refractivity contribution in [2.24, 2.45) is 0 Å². The Labute approximate surface area is 133 Å². The first-order valence-electron chi connectivity index (χ1n) is 6.67. The van der Waals surface area contributed by atoms with Crippen molar-refractivity contribution in [1.29, 1.82) is 0 Å². The Hall–Kier alpha value is -2.34. The zero-order chi connectivity index (χ0) is 16.1. The van der Waals surface area contributed by atoms with Crippen molar-refractivity contribution < 1.29 is 14.3 Å². The van der Waals surface area contributed by atoms with Crippen molar-refractivity contribution in [2.45, 2.75) is 13.8 Å². The third kappa shape index (κ3) is 3.85. The van der Waals surface area contributed by atoms with Crippen molar-refractivity contribution in [3.05, 3.63) is 35.2 Å². The maximum absolute atomic E-state index is 11.7. The molecule has 0 spiro atoms. The number of nitrogens with one attached hydrogen (secondary N) is 1. The average molecular weight is 318 g/mol. The standard InChI is InChI=1S/C16H18N2O3S/c1-10(2)7-15(19)18-16-17-13(9-22-16)12-8-11(20-3)5-6-14(12)21-4/h5-9H,1-4H3,(H,17,18,19). The minimum atomic E-state index is -0.182. The lowest BCUT2D eigenvalue weighted by atomic mass is 10.1. The van der Waals surface area contributed by atoms with Gasteiger partial charge in [-0.05, 0) is 32.0 Å². The smallest absolute Gasteiger partial charge is 0.250 e. The number of rotatable bonds is 5. The lowest BCUT2D eigenvalue weighted by Gasteiger charge is -2.08. The van der Waals surface area contributed by atoms with E-state index >= 15 is 0 Å². The minimum absolute atomic E-state index is 0.182. The van der Waals surface area contributed by atoms with Crippen molar-refractivity contribution >= 4 is 22.4 Å². The van der Waals surface area contributed by atoms with E-state index in [1.54, 1.807) is 14.2 Å². The van der Waals surface area contributed by atoms with Gasteiger partial charge in [-0.15, -0.1) is 11.3 Å². The van der Waals surface area contributed by atoms with Gasteiger partial charge < -0.3 is 9.47 Å². The summed E-state index contributed by atoms with van der Waals surface area (Å²) in [5.41, 5.74) is 2.48. The molecular weight excluding hydrogens is 300 g/mol. The van der Waals surface area contributed by atoms with Crippen LogP contribution in [0.4, 0.5) is 5.13 Å². The van der Waals surface area contributed by atoms with Crippen LogP contribution in [0.2, 0.25) is 0 Å². The van der Waals surface area contributed by atoms with Gasteiger partial charge in [0, 0.05) is 17.0 Å².